The van der Waals surface area contributed by atoms with Crippen molar-refractivity contribution in [1.29, 1.82) is 0 Å². The highest BCUT2D eigenvalue weighted by atomic mass is 32.1. The molecular formula is C13H16N4OS. The highest BCUT2D eigenvalue weighted by molar-refractivity contribution is 7.18. The maximum Gasteiger partial charge on any atom is 0.228 e. The fourth-order valence-electron chi connectivity index (χ4n) is 2.51. The first-order chi connectivity index (χ1) is 9.11. The van der Waals surface area contributed by atoms with Gasteiger partial charge in [0.05, 0.1) is 5.39 Å². The Labute approximate surface area is 115 Å². The van der Waals surface area contributed by atoms with Crippen LogP contribution in [0.3, 0.4) is 0 Å². The zero-order valence-corrected chi connectivity index (χ0v) is 11.8. The number of aromatic nitrogens is 2. The molecule has 6 heteroatoms. The number of carbonyl (C=O) groups is 1. The predicted octanol–water partition coefficient (Wildman–Crippen LogP) is 1.62. The highest BCUT2D eigenvalue weighted by Crippen LogP contribution is 2.36. The van der Waals surface area contributed by atoms with Crippen LogP contribution in [0.4, 0.5) is 5.82 Å². The van der Waals surface area contributed by atoms with Gasteiger partial charge in [-0.1, -0.05) is 0 Å². The minimum absolute atomic E-state index is 0.110. The molecule has 1 atom stereocenters. The molecule has 19 heavy (non-hydrogen) atoms. The van der Waals surface area contributed by atoms with Gasteiger partial charge in [-0.05, 0) is 31.9 Å². The van der Waals surface area contributed by atoms with E-state index in [2.05, 4.69) is 23.8 Å². The van der Waals surface area contributed by atoms with Crippen LogP contribution in [0.15, 0.2) is 6.33 Å². The van der Waals surface area contributed by atoms with E-state index in [-0.39, 0.29) is 11.8 Å². The minimum atomic E-state index is 0.110. The van der Waals surface area contributed by atoms with Crippen molar-refractivity contribution >= 4 is 33.3 Å². The van der Waals surface area contributed by atoms with Gasteiger partial charge in [-0.15, -0.1) is 11.3 Å². The molecule has 0 saturated carbocycles. The maximum atomic E-state index is 12.1. The Hall–Kier alpha value is -1.53. The third kappa shape index (κ3) is 1.91. The number of hydrogen-bond acceptors (Lipinski definition) is 5. The molecule has 2 aromatic rings. The Morgan fingerprint density at radius 3 is 2.95 bits per heavy atom. The van der Waals surface area contributed by atoms with E-state index in [9.17, 15) is 4.79 Å². The summed E-state index contributed by atoms with van der Waals surface area (Å²) in [7, 11) is 0. The number of fused-ring (bicyclic) bond motifs is 1. The van der Waals surface area contributed by atoms with Crippen molar-refractivity contribution in [3.8, 4) is 0 Å². The van der Waals surface area contributed by atoms with Gasteiger partial charge in [0.1, 0.15) is 17.0 Å². The topological polar surface area (TPSA) is 72.1 Å². The Morgan fingerprint density at radius 1 is 1.47 bits per heavy atom. The van der Waals surface area contributed by atoms with Gasteiger partial charge in [0.15, 0.2) is 0 Å². The number of hydrogen-bond donors (Lipinski definition) is 1. The van der Waals surface area contributed by atoms with E-state index in [4.69, 9.17) is 5.73 Å². The number of thiophene rings is 1. The van der Waals surface area contributed by atoms with E-state index >= 15 is 0 Å². The van der Waals surface area contributed by atoms with Crippen molar-refractivity contribution in [3.05, 3.63) is 16.8 Å². The number of nitrogens with zero attached hydrogens (tertiary/aromatic N) is 3. The lowest BCUT2D eigenvalue weighted by Crippen LogP contribution is -2.27. The molecule has 0 aromatic carbocycles. The number of aryl methyl sites for hydroxylation is 2. The smallest absolute Gasteiger partial charge is 0.228 e. The van der Waals surface area contributed by atoms with Crippen LogP contribution in [0.25, 0.3) is 10.2 Å². The van der Waals surface area contributed by atoms with Crippen LogP contribution in [0.2, 0.25) is 0 Å². The van der Waals surface area contributed by atoms with Crippen molar-refractivity contribution in [1.82, 2.24) is 9.97 Å². The van der Waals surface area contributed by atoms with Gasteiger partial charge in [-0.3, -0.25) is 9.69 Å². The summed E-state index contributed by atoms with van der Waals surface area (Å²) in [6.07, 6.45) is 2.06. The standard InChI is InChI=1S/C13H16N4OS/c1-7-8(2)19-13-11(7)12(15-6-16-13)17-5-9(4-14)3-10(17)18/h6,9H,3-5,14H2,1-2H3. The van der Waals surface area contributed by atoms with Gasteiger partial charge in [0.2, 0.25) is 5.91 Å². The summed E-state index contributed by atoms with van der Waals surface area (Å²) < 4.78 is 0. The summed E-state index contributed by atoms with van der Waals surface area (Å²) >= 11 is 1.65. The third-order valence-corrected chi connectivity index (χ3v) is 4.85. The predicted molar refractivity (Wildman–Crippen MR) is 76.4 cm³/mol. The van der Waals surface area contributed by atoms with Crippen LogP contribution in [0, 0.1) is 19.8 Å². The van der Waals surface area contributed by atoms with E-state index in [1.807, 2.05) is 0 Å². The van der Waals surface area contributed by atoms with Crippen LogP contribution in [0.5, 0.6) is 0 Å². The number of nitrogens with two attached hydrogens (primary N) is 1. The van der Waals surface area contributed by atoms with Crippen LogP contribution in [0.1, 0.15) is 16.9 Å². The van der Waals surface area contributed by atoms with E-state index in [1.54, 1.807) is 16.2 Å². The van der Waals surface area contributed by atoms with Gasteiger partial charge < -0.3 is 5.73 Å². The lowest BCUT2D eigenvalue weighted by atomic mass is 10.1. The molecule has 1 aliphatic rings. The molecule has 1 saturated heterocycles. The number of amides is 1. The fourth-order valence-corrected chi connectivity index (χ4v) is 3.50. The highest BCUT2D eigenvalue weighted by Gasteiger charge is 2.32. The summed E-state index contributed by atoms with van der Waals surface area (Å²) in [6, 6.07) is 0. The van der Waals surface area contributed by atoms with Crippen molar-refractivity contribution in [2.45, 2.75) is 20.3 Å². The Kier molecular flexibility index (Phi) is 2.99. The zero-order chi connectivity index (χ0) is 13.6. The van der Waals surface area contributed by atoms with E-state index in [1.165, 1.54) is 16.8 Å². The quantitative estimate of drug-likeness (QED) is 0.904. The average molecular weight is 276 g/mol. The van der Waals surface area contributed by atoms with Crippen LogP contribution in [-0.4, -0.2) is 29.0 Å². The molecule has 0 bridgehead atoms. The molecule has 1 aliphatic heterocycles. The van der Waals surface area contributed by atoms with Crippen LogP contribution < -0.4 is 10.6 Å². The first-order valence-electron chi connectivity index (χ1n) is 6.33. The normalized spacial score (nSPS) is 19.6. The monoisotopic (exact) mass is 276 g/mol. The maximum absolute atomic E-state index is 12.1. The molecule has 1 amide bonds. The van der Waals surface area contributed by atoms with Crippen LogP contribution in [-0.2, 0) is 4.79 Å². The van der Waals surface area contributed by atoms with Crippen molar-refractivity contribution < 1.29 is 4.79 Å². The third-order valence-electron chi connectivity index (χ3n) is 3.74. The molecule has 0 spiro atoms. The van der Waals surface area contributed by atoms with Gasteiger partial charge in [0.25, 0.3) is 0 Å². The minimum Gasteiger partial charge on any atom is -0.330 e. The van der Waals surface area contributed by atoms with Crippen LogP contribution >= 0.6 is 11.3 Å². The summed E-state index contributed by atoms with van der Waals surface area (Å²) in [6.45, 7) is 5.33. The molecule has 1 unspecified atom stereocenters. The Morgan fingerprint density at radius 2 is 2.26 bits per heavy atom. The second-order valence-electron chi connectivity index (χ2n) is 4.97. The summed E-state index contributed by atoms with van der Waals surface area (Å²) in [4.78, 5) is 24.7. The van der Waals surface area contributed by atoms with Crippen molar-refractivity contribution in [3.63, 3.8) is 0 Å². The van der Waals surface area contributed by atoms with Gasteiger partial charge in [-0.2, -0.15) is 0 Å². The molecule has 3 heterocycles. The number of rotatable bonds is 2. The van der Waals surface area contributed by atoms with Gasteiger partial charge in [-0.25, -0.2) is 9.97 Å². The SMILES string of the molecule is Cc1sc2ncnc(N3CC(CN)CC3=O)c2c1C. The first-order valence-corrected chi connectivity index (χ1v) is 7.14. The molecule has 2 N–H and O–H groups in total. The molecule has 5 nitrogen and oxygen atoms in total. The number of anilines is 1. The van der Waals surface area contributed by atoms with Gasteiger partial charge in [0, 0.05) is 17.8 Å². The fraction of sp³-hybridized carbons (Fsp3) is 0.462. The number of carbonyl (C=O) groups excluding carboxylic acids is 1. The summed E-state index contributed by atoms with van der Waals surface area (Å²) in [5.41, 5.74) is 6.84. The molecule has 3 rings (SSSR count). The van der Waals surface area contributed by atoms with E-state index in [0.29, 0.717) is 19.5 Å². The molecule has 0 aliphatic carbocycles. The summed E-state index contributed by atoms with van der Waals surface area (Å²) in [5, 5.41) is 1.01. The van der Waals surface area contributed by atoms with Gasteiger partial charge >= 0.3 is 0 Å². The molecule has 1 fully saturated rings. The second-order valence-corrected chi connectivity index (χ2v) is 6.17. The Balaban J connectivity index is 2.13. The van der Waals surface area contributed by atoms with Crippen molar-refractivity contribution in [2.24, 2.45) is 11.7 Å². The van der Waals surface area contributed by atoms with Crippen molar-refractivity contribution in [2.75, 3.05) is 18.0 Å². The average Bonchev–Trinajstić information content (AvgIpc) is 2.91. The molecule has 2 aromatic heterocycles. The summed E-state index contributed by atoms with van der Waals surface area (Å²) in [5.74, 6) is 1.09. The second kappa shape index (κ2) is 4.54. The first kappa shape index (κ1) is 12.5. The van der Waals surface area contributed by atoms with E-state index < -0.39 is 0 Å². The Bertz CT molecular complexity index is 651. The largest absolute Gasteiger partial charge is 0.330 e. The molecule has 0 radical (unpaired) electrons. The molecular weight excluding hydrogens is 260 g/mol. The van der Waals surface area contributed by atoms with E-state index in [0.717, 1.165) is 16.0 Å². The molecule has 100 valence electrons. The zero-order valence-electron chi connectivity index (χ0n) is 11.0. The lowest BCUT2D eigenvalue weighted by molar-refractivity contribution is -0.117. The lowest BCUT2D eigenvalue weighted by Gasteiger charge is -2.16.